The zero-order valence-electron chi connectivity index (χ0n) is 14.6. The third kappa shape index (κ3) is 4.58. The van der Waals surface area contributed by atoms with Crippen molar-refractivity contribution in [2.24, 2.45) is 5.92 Å². The molecule has 3 nitrogen and oxygen atoms in total. The summed E-state index contributed by atoms with van der Waals surface area (Å²) in [5, 5.41) is 3.51. The minimum atomic E-state index is 0.122. The summed E-state index contributed by atoms with van der Waals surface area (Å²) in [4.78, 5) is 2.59. The van der Waals surface area contributed by atoms with Crippen molar-refractivity contribution in [3.63, 3.8) is 0 Å². The van der Waals surface area contributed by atoms with Crippen LogP contribution < -0.4 is 5.32 Å². The lowest BCUT2D eigenvalue weighted by Crippen LogP contribution is -2.35. The fourth-order valence-corrected chi connectivity index (χ4v) is 3.19. The third-order valence-electron chi connectivity index (χ3n) is 4.39. The van der Waals surface area contributed by atoms with Gasteiger partial charge in [0, 0.05) is 11.6 Å². The Kier molecular flexibility index (Phi) is 5.15. The summed E-state index contributed by atoms with van der Waals surface area (Å²) >= 11 is 0. The van der Waals surface area contributed by atoms with Crippen molar-refractivity contribution >= 4 is 0 Å². The van der Waals surface area contributed by atoms with Crippen LogP contribution in [0, 0.1) is 12.8 Å². The van der Waals surface area contributed by atoms with Gasteiger partial charge in [0.25, 0.3) is 0 Å². The van der Waals surface area contributed by atoms with Gasteiger partial charge in [-0.05, 0) is 64.6 Å². The molecule has 1 aromatic heterocycles. The fraction of sp³-hybridized carbons (Fsp3) is 0.778. The third-order valence-corrected chi connectivity index (χ3v) is 4.39. The van der Waals surface area contributed by atoms with E-state index in [2.05, 4.69) is 57.8 Å². The first-order valence-electron chi connectivity index (χ1n) is 8.33. The van der Waals surface area contributed by atoms with Gasteiger partial charge in [0.15, 0.2) is 0 Å². The molecule has 120 valence electrons. The van der Waals surface area contributed by atoms with Crippen molar-refractivity contribution in [1.82, 2.24) is 10.2 Å². The Morgan fingerprint density at radius 2 is 2.10 bits per heavy atom. The van der Waals surface area contributed by atoms with Crippen LogP contribution in [0.15, 0.2) is 10.5 Å². The first-order chi connectivity index (χ1) is 9.76. The first-order valence-corrected chi connectivity index (χ1v) is 8.33. The Balaban J connectivity index is 1.98. The van der Waals surface area contributed by atoms with Crippen LogP contribution in [0.25, 0.3) is 0 Å². The number of hydrogen-bond donors (Lipinski definition) is 1. The van der Waals surface area contributed by atoms with E-state index >= 15 is 0 Å². The minimum Gasteiger partial charge on any atom is -0.463 e. The Hall–Kier alpha value is -0.800. The Morgan fingerprint density at radius 3 is 2.71 bits per heavy atom. The number of furan rings is 1. The van der Waals surface area contributed by atoms with Crippen LogP contribution in [0.2, 0.25) is 0 Å². The van der Waals surface area contributed by atoms with Crippen molar-refractivity contribution in [2.75, 3.05) is 6.54 Å². The number of hydrogen-bond acceptors (Lipinski definition) is 3. The van der Waals surface area contributed by atoms with Crippen LogP contribution >= 0.6 is 0 Å². The Morgan fingerprint density at radius 1 is 1.38 bits per heavy atom. The predicted octanol–water partition coefficient (Wildman–Crippen LogP) is 4.10. The standard InChI is InChI=1S/C18H32N2O/c1-13(2)16-8-7-9-20(16)12-15-10-14(3)17(21-15)11-19-18(4,5)6/h10,13,16,19H,7-9,11-12H2,1-6H3. The quantitative estimate of drug-likeness (QED) is 0.886. The van der Waals surface area contributed by atoms with Gasteiger partial charge in [-0.15, -0.1) is 0 Å². The topological polar surface area (TPSA) is 28.4 Å². The molecule has 1 aliphatic rings. The fourth-order valence-electron chi connectivity index (χ4n) is 3.19. The van der Waals surface area contributed by atoms with Gasteiger partial charge >= 0.3 is 0 Å². The molecule has 1 aromatic rings. The molecular formula is C18H32N2O. The summed E-state index contributed by atoms with van der Waals surface area (Å²) in [6.45, 7) is 16.3. The average Bonchev–Trinajstić information content (AvgIpc) is 2.93. The first kappa shape index (κ1) is 16.6. The lowest BCUT2D eigenvalue weighted by atomic mass is 10.0. The number of aryl methyl sites for hydroxylation is 1. The van der Waals surface area contributed by atoms with Gasteiger partial charge in [-0.3, -0.25) is 4.90 Å². The van der Waals surface area contributed by atoms with E-state index in [1.54, 1.807) is 0 Å². The second kappa shape index (κ2) is 6.53. The molecule has 1 aliphatic heterocycles. The number of nitrogens with zero attached hydrogens (tertiary/aromatic N) is 1. The van der Waals surface area contributed by atoms with E-state index in [4.69, 9.17) is 4.42 Å². The monoisotopic (exact) mass is 292 g/mol. The molecule has 2 rings (SSSR count). The van der Waals surface area contributed by atoms with Gasteiger partial charge in [0.2, 0.25) is 0 Å². The van der Waals surface area contributed by atoms with Gasteiger partial charge < -0.3 is 9.73 Å². The normalized spacial score (nSPS) is 20.6. The van der Waals surface area contributed by atoms with Gasteiger partial charge in [-0.25, -0.2) is 0 Å². The largest absolute Gasteiger partial charge is 0.463 e. The van der Waals surface area contributed by atoms with Gasteiger partial charge in [0.05, 0.1) is 13.1 Å². The molecular weight excluding hydrogens is 260 g/mol. The number of rotatable bonds is 5. The molecule has 0 radical (unpaired) electrons. The molecule has 1 N–H and O–H groups in total. The minimum absolute atomic E-state index is 0.122. The molecule has 3 heteroatoms. The molecule has 1 atom stereocenters. The predicted molar refractivity (Wildman–Crippen MR) is 88.3 cm³/mol. The zero-order chi connectivity index (χ0) is 15.6. The molecule has 0 bridgehead atoms. The van der Waals surface area contributed by atoms with E-state index < -0.39 is 0 Å². The zero-order valence-corrected chi connectivity index (χ0v) is 14.6. The molecule has 0 aromatic carbocycles. The smallest absolute Gasteiger partial charge is 0.120 e. The van der Waals surface area contributed by atoms with E-state index in [1.165, 1.54) is 24.9 Å². The van der Waals surface area contributed by atoms with Crippen LogP contribution in [0.1, 0.15) is 64.5 Å². The van der Waals surface area contributed by atoms with Crippen LogP contribution in [0.5, 0.6) is 0 Å². The van der Waals surface area contributed by atoms with Crippen LogP contribution in [-0.4, -0.2) is 23.0 Å². The van der Waals surface area contributed by atoms with Crippen molar-refractivity contribution < 1.29 is 4.42 Å². The number of likely N-dealkylation sites (tertiary alicyclic amines) is 1. The van der Waals surface area contributed by atoms with Crippen LogP contribution in [0.3, 0.4) is 0 Å². The molecule has 0 saturated carbocycles. The highest BCUT2D eigenvalue weighted by molar-refractivity contribution is 5.20. The van der Waals surface area contributed by atoms with Crippen molar-refractivity contribution in [3.8, 4) is 0 Å². The highest BCUT2D eigenvalue weighted by Crippen LogP contribution is 2.27. The summed E-state index contributed by atoms with van der Waals surface area (Å²) in [6, 6.07) is 2.93. The van der Waals surface area contributed by atoms with Crippen LogP contribution in [-0.2, 0) is 13.1 Å². The van der Waals surface area contributed by atoms with E-state index in [0.717, 1.165) is 30.5 Å². The highest BCUT2D eigenvalue weighted by Gasteiger charge is 2.27. The average molecular weight is 292 g/mol. The van der Waals surface area contributed by atoms with Gasteiger partial charge in [-0.2, -0.15) is 0 Å². The van der Waals surface area contributed by atoms with Crippen molar-refractivity contribution in [1.29, 1.82) is 0 Å². The van der Waals surface area contributed by atoms with E-state index in [0.29, 0.717) is 6.04 Å². The molecule has 1 fully saturated rings. The van der Waals surface area contributed by atoms with E-state index in [9.17, 15) is 0 Å². The molecule has 0 spiro atoms. The molecule has 21 heavy (non-hydrogen) atoms. The number of nitrogens with one attached hydrogen (secondary N) is 1. The van der Waals surface area contributed by atoms with E-state index in [-0.39, 0.29) is 5.54 Å². The summed E-state index contributed by atoms with van der Waals surface area (Å²) < 4.78 is 6.10. The lowest BCUT2D eigenvalue weighted by Gasteiger charge is -2.26. The van der Waals surface area contributed by atoms with E-state index in [1.807, 2.05) is 0 Å². The van der Waals surface area contributed by atoms with Crippen molar-refractivity contribution in [3.05, 3.63) is 23.2 Å². The summed E-state index contributed by atoms with van der Waals surface area (Å²) in [6.07, 6.45) is 2.65. The molecule has 1 saturated heterocycles. The summed E-state index contributed by atoms with van der Waals surface area (Å²) in [5.41, 5.74) is 1.39. The molecule has 2 heterocycles. The van der Waals surface area contributed by atoms with Gasteiger partial charge in [-0.1, -0.05) is 13.8 Å². The molecule has 1 unspecified atom stereocenters. The molecule has 0 amide bonds. The Bertz CT molecular complexity index is 456. The maximum Gasteiger partial charge on any atom is 0.120 e. The molecule has 0 aliphatic carbocycles. The second-order valence-electron chi connectivity index (χ2n) is 7.85. The highest BCUT2D eigenvalue weighted by atomic mass is 16.3. The van der Waals surface area contributed by atoms with Crippen LogP contribution in [0.4, 0.5) is 0 Å². The lowest BCUT2D eigenvalue weighted by molar-refractivity contribution is 0.183. The van der Waals surface area contributed by atoms with Gasteiger partial charge in [0.1, 0.15) is 11.5 Å². The SMILES string of the molecule is Cc1cc(CN2CCCC2C(C)C)oc1CNC(C)(C)C. The maximum atomic E-state index is 6.10. The van der Waals surface area contributed by atoms with Crippen molar-refractivity contribution in [2.45, 2.75) is 79.1 Å². The maximum absolute atomic E-state index is 6.10. The second-order valence-corrected chi connectivity index (χ2v) is 7.85. The summed E-state index contributed by atoms with van der Waals surface area (Å²) in [5.74, 6) is 2.93. The Labute approximate surface area is 130 Å². The summed E-state index contributed by atoms with van der Waals surface area (Å²) in [7, 11) is 0.